The number of hydrogen-bond donors (Lipinski definition) is 2. The van der Waals surface area contributed by atoms with Crippen molar-refractivity contribution in [3.63, 3.8) is 0 Å². The van der Waals surface area contributed by atoms with E-state index in [9.17, 15) is 0 Å². The summed E-state index contributed by atoms with van der Waals surface area (Å²) < 4.78 is 0. The fourth-order valence-electron chi connectivity index (χ4n) is 1.57. The van der Waals surface area contributed by atoms with E-state index >= 15 is 0 Å². The Kier molecular flexibility index (Phi) is 2.48. The summed E-state index contributed by atoms with van der Waals surface area (Å²) in [7, 11) is 0. The molecule has 0 aromatic heterocycles. The smallest absolute Gasteiger partial charge is 0.133 e. The molecule has 0 radical (unpaired) electrons. The van der Waals surface area contributed by atoms with Crippen molar-refractivity contribution in [2.75, 3.05) is 6.61 Å². The van der Waals surface area contributed by atoms with Gasteiger partial charge in [0.15, 0.2) is 0 Å². The van der Waals surface area contributed by atoms with Crippen molar-refractivity contribution in [2.45, 2.75) is 6.04 Å². The van der Waals surface area contributed by atoms with Crippen LogP contribution in [0.25, 0.3) is 10.8 Å². The van der Waals surface area contributed by atoms with Gasteiger partial charge in [0.2, 0.25) is 0 Å². The molecule has 0 saturated carbocycles. The summed E-state index contributed by atoms with van der Waals surface area (Å²) in [5.41, 5.74) is 4.97. The molecule has 72 valence electrons. The second-order valence-corrected chi connectivity index (χ2v) is 3.49. The fraction of sp³-hybridized carbons (Fsp3) is 0.167. The van der Waals surface area contributed by atoms with Gasteiger partial charge in [0.1, 0.15) is 6.04 Å². The van der Waals surface area contributed by atoms with Gasteiger partial charge in [0.25, 0.3) is 0 Å². The molecule has 0 aliphatic rings. The number of aliphatic hydroxyl groups is 1. The van der Waals surface area contributed by atoms with Crippen molar-refractivity contribution in [1.82, 2.24) is 0 Å². The van der Waals surface area contributed by atoms with E-state index in [1.54, 1.807) is 0 Å². The highest BCUT2D eigenvalue weighted by Crippen LogP contribution is 2.18. The largest absolute Gasteiger partial charge is 0.390 e. The Morgan fingerprint density at radius 2 is 1.79 bits per heavy atom. The molecule has 1 atom stereocenters. The number of fused-ring (bicyclic) bond motifs is 1. The summed E-state index contributed by atoms with van der Waals surface area (Å²) in [6, 6.07) is 14.3. The maximum Gasteiger partial charge on any atom is 0.133 e. The van der Waals surface area contributed by atoms with Crippen LogP contribution in [-0.4, -0.2) is 11.7 Å². The van der Waals surface area contributed by atoms with Crippen LogP contribution in [0.4, 0.5) is 0 Å². The van der Waals surface area contributed by atoms with Gasteiger partial charge in [0, 0.05) is 5.56 Å². The van der Waals surface area contributed by atoms with Crippen molar-refractivity contribution in [2.24, 2.45) is 0 Å². The van der Waals surface area contributed by atoms with E-state index in [4.69, 9.17) is 5.11 Å². The lowest BCUT2D eigenvalue weighted by molar-refractivity contribution is -0.432. The predicted molar refractivity (Wildman–Crippen MR) is 56.7 cm³/mol. The Morgan fingerprint density at radius 1 is 1.07 bits per heavy atom. The van der Waals surface area contributed by atoms with Crippen molar-refractivity contribution < 1.29 is 10.8 Å². The monoisotopic (exact) mass is 188 g/mol. The lowest BCUT2D eigenvalue weighted by Gasteiger charge is -2.06. The van der Waals surface area contributed by atoms with E-state index in [1.165, 1.54) is 10.8 Å². The van der Waals surface area contributed by atoms with E-state index < -0.39 is 0 Å². The zero-order valence-corrected chi connectivity index (χ0v) is 7.98. The van der Waals surface area contributed by atoms with Gasteiger partial charge in [-0.2, -0.15) is 0 Å². The number of aliphatic hydroxyl groups excluding tert-OH is 1. The Balaban J connectivity index is 2.51. The highest BCUT2D eigenvalue weighted by molar-refractivity contribution is 5.83. The average Bonchev–Trinajstić information content (AvgIpc) is 2.27. The quantitative estimate of drug-likeness (QED) is 0.728. The molecule has 2 rings (SSSR count). The molecular formula is C12H14NO+. The summed E-state index contributed by atoms with van der Waals surface area (Å²) in [5.74, 6) is 0. The van der Waals surface area contributed by atoms with Crippen LogP contribution >= 0.6 is 0 Å². The molecule has 2 aromatic rings. The minimum Gasteiger partial charge on any atom is -0.390 e. The topological polar surface area (TPSA) is 47.9 Å². The Morgan fingerprint density at radius 3 is 2.50 bits per heavy atom. The van der Waals surface area contributed by atoms with E-state index in [0.29, 0.717) is 0 Å². The summed E-state index contributed by atoms with van der Waals surface area (Å²) in [4.78, 5) is 0. The second-order valence-electron chi connectivity index (χ2n) is 3.49. The second kappa shape index (κ2) is 3.78. The predicted octanol–water partition coefficient (Wildman–Crippen LogP) is 1.12. The molecule has 0 fully saturated rings. The third kappa shape index (κ3) is 1.62. The van der Waals surface area contributed by atoms with E-state index in [1.807, 2.05) is 18.2 Å². The minimum atomic E-state index is -0.0281. The van der Waals surface area contributed by atoms with E-state index in [0.717, 1.165) is 5.56 Å². The fourth-order valence-corrected chi connectivity index (χ4v) is 1.57. The average molecular weight is 188 g/mol. The molecule has 0 amide bonds. The van der Waals surface area contributed by atoms with E-state index in [2.05, 4.69) is 30.0 Å². The maximum absolute atomic E-state index is 9.00. The lowest BCUT2D eigenvalue weighted by atomic mass is 10.0. The molecular weight excluding hydrogens is 174 g/mol. The molecule has 0 spiro atoms. The van der Waals surface area contributed by atoms with Crippen LogP contribution in [0.5, 0.6) is 0 Å². The standard InChI is InChI=1S/C12H13NO/c13-12(8-14)11-6-5-9-3-1-2-4-10(9)7-11/h1-7,12,14H,8,13H2/p+1/t12-/m0/s1. The number of benzene rings is 2. The molecule has 0 aliphatic heterocycles. The third-order valence-electron chi connectivity index (χ3n) is 2.47. The molecule has 0 aliphatic carbocycles. The van der Waals surface area contributed by atoms with Crippen LogP contribution in [0, 0.1) is 0 Å². The Bertz CT molecular complexity index is 439. The molecule has 0 unspecified atom stereocenters. The van der Waals surface area contributed by atoms with Crippen molar-refractivity contribution in [3.05, 3.63) is 48.0 Å². The van der Waals surface area contributed by atoms with Crippen molar-refractivity contribution in [3.8, 4) is 0 Å². The number of rotatable bonds is 2. The first-order chi connectivity index (χ1) is 6.81. The first-order valence-corrected chi connectivity index (χ1v) is 4.74. The number of quaternary nitrogens is 1. The summed E-state index contributed by atoms with van der Waals surface area (Å²) in [6.07, 6.45) is 0. The first-order valence-electron chi connectivity index (χ1n) is 4.74. The van der Waals surface area contributed by atoms with Crippen LogP contribution < -0.4 is 5.73 Å². The maximum atomic E-state index is 9.00. The lowest BCUT2D eigenvalue weighted by Crippen LogP contribution is -2.55. The summed E-state index contributed by atoms with van der Waals surface area (Å²) in [5, 5.41) is 11.4. The molecule has 14 heavy (non-hydrogen) atoms. The molecule has 4 N–H and O–H groups in total. The van der Waals surface area contributed by atoms with Gasteiger partial charge >= 0.3 is 0 Å². The Hall–Kier alpha value is -1.38. The van der Waals surface area contributed by atoms with Crippen LogP contribution in [0.2, 0.25) is 0 Å². The van der Waals surface area contributed by atoms with Crippen molar-refractivity contribution in [1.29, 1.82) is 0 Å². The van der Waals surface area contributed by atoms with Crippen LogP contribution in [-0.2, 0) is 0 Å². The van der Waals surface area contributed by atoms with Crippen LogP contribution in [0.3, 0.4) is 0 Å². The normalized spacial score (nSPS) is 13.0. The SMILES string of the molecule is [NH3+][C@@H](CO)c1ccc2ccccc2c1. The zero-order chi connectivity index (χ0) is 9.97. The molecule has 0 saturated heterocycles. The highest BCUT2D eigenvalue weighted by atomic mass is 16.3. The van der Waals surface area contributed by atoms with E-state index in [-0.39, 0.29) is 12.6 Å². The molecule has 0 heterocycles. The summed E-state index contributed by atoms with van der Waals surface area (Å²) in [6.45, 7) is 0.0956. The van der Waals surface area contributed by atoms with Gasteiger partial charge in [-0.1, -0.05) is 36.4 Å². The van der Waals surface area contributed by atoms with Gasteiger partial charge in [-0.15, -0.1) is 0 Å². The van der Waals surface area contributed by atoms with Gasteiger partial charge < -0.3 is 10.8 Å². The van der Waals surface area contributed by atoms with Gasteiger partial charge in [-0.3, -0.25) is 0 Å². The highest BCUT2D eigenvalue weighted by Gasteiger charge is 2.07. The molecule has 2 aromatic carbocycles. The van der Waals surface area contributed by atoms with Gasteiger partial charge in [0.05, 0.1) is 6.61 Å². The first kappa shape index (κ1) is 9.19. The molecule has 2 heteroatoms. The van der Waals surface area contributed by atoms with Crippen molar-refractivity contribution >= 4 is 10.8 Å². The molecule has 0 bridgehead atoms. The third-order valence-corrected chi connectivity index (χ3v) is 2.47. The summed E-state index contributed by atoms with van der Waals surface area (Å²) >= 11 is 0. The number of hydrogen-bond acceptors (Lipinski definition) is 1. The van der Waals surface area contributed by atoms with Crippen LogP contribution in [0.15, 0.2) is 42.5 Å². The van der Waals surface area contributed by atoms with Gasteiger partial charge in [-0.05, 0) is 16.8 Å². The molecule has 2 nitrogen and oxygen atoms in total. The minimum absolute atomic E-state index is 0.0281. The Labute approximate surface area is 83.0 Å². The zero-order valence-electron chi connectivity index (χ0n) is 7.98. The van der Waals surface area contributed by atoms with Crippen LogP contribution in [0.1, 0.15) is 11.6 Å². The van der Waals surface area contributed by atoms with Gasteiger partial charge in [-0.25, -0.2) is 0 Å².